The van der Waals surface area contributed by atoms with Crippen LogP contribution in [0.15, 0.2) is 0 Å². The van der Waals surface area contributed by atoms with Crippen molar-refractivity contribution < 1.29 is 4.74 Å². The molecule has 1 heterocycles. The number of likely N-dealkylation sites (tertiary alicyclic amines) is 1. The predicted octanol–water partition coefficient (Wildman–Crippen LogP) is 1.23. The van der Waals surface area contributed by atoms with Crippen molar-refractivity contribution in [2.75, 3.05) is 32.8 Å². The first kappa shape index (κ1) is 12.0. The quantitative estimate of drug-likeness (QED) is 0.628. The Labute approximate surface area is 87.6 Å². The Hall–Kier alpha value is -0.120. The molecular weight excluding hydrogens is 176 g/mol. The maximum absolute atomic E-state index is 6.06. The fraction of sp³-hybridized carbons (Fsp3) is 1.00. The molecule has 0 aliphatic carbocycles. The van der Waals surface area contributed by atoms with E-state index in [2.05, 4.69) is 18.7 Å². The minimum Gasteiger partial charge on any atom is -0.380 e. The molecule has 1 aliphatic rings. The number of nitrogens with zero attached hydrogens (tertiary/aromatic N) is 1. The van der Waals surface area contributed by atoms with Gasteiger partial charge in [-0.15, -0.1) is 0 Å². The summed E-state index contributed by atoms with van der Waals surface area (Å²) < 4.78 is 5.50. The van der Waals surface area contributed by atoms with Gasteiger partial charge in [0.2, 0.25) is 0 Å². The van der Waals surface area contributed by atoms with E-state index in [1.807, 2.05) is 0 Å². The van der Waals surface area contributed by atoms with Gasteiger partial charge < -0.3 is 10.5 Å². The van der Waals surface area contributed by atoms with Gasteiger partial charge >= 0.3 is 0 Å². The lowest BCUT2D eigenvalue weighted by Crippen LogP contribution is -2.67. The molecule has 0 saturated carbocycles. The van der Waals surface area contributed by atoms with Crippen molar-refractivity contribution in [2.24, 2.45) is 5.73 Å². The van der Waals surface area contributed by atoms with Crippen LogP contribution in [0.4, 0.5) is 0 Å². The number of ether oxygens (including phenoxy) is 1. The van der Waals surface area contributed by atoms with Gasteiger partial charge in [-0.25, -0.2) is 0 Å². The zero-order chi connectivity index (χ0) is 10.4. The number of nitrogens with two attached hydrogens (primary N) is 1. The Morgan fingerprint density at radius 2 is 2.00 bits per heavy atom. The van der Waals surface area contributed by atoms with Crippen molar-refractivity contribution >= 4 is 0 Å². The van der Waals surface area contributed by atoms with Crippen molar-refractivity contribution in [1.82, 2.24) is 4.90 Å². The molecule has 1 fully saturated rings. The average molecular weight is 200 g/mol. The number of hydrogen-bond donors (Lipinski definition) is 1. The molecule has 0 unspecified atom stereocenters. The molecule has 0 aromatic carbocycles. The number of rotatable bonds is 7. The molecule has 1 rings (SSSR count). The lowest BCUT2D eigenvalue weighted by Gasteiger charge is -2.47. The highest BCUT2D eigenvalue weighted by molar-refractivity contribution is 4.98. The fourth-order valence-corrected chi connectivity index (χ4v) is 1.77. The number of hydrogen-bond acceptors (Lipinski definition) is 3. The van der Waals surface area contributed by atoms with Gasteiger partial charge in [0, 0.05) is 31.8 Å². The van der Waals surface area contributed by atoms with E-state index in [4.69, 9.17) is 10.5 Å². The van der Waals surface area contributed by atoms with Gasteiger partial charge in [0.05, 0.1) is 6.61 Å². The Morgan fingerprint density at radius 1 is 1.29 bits per heavy atom. The topological polar surface area (TPSA) is 38.5 Å². The zero-order valence-electron chi connectivity index (χ0n) is 9.59. The molecule has 0 radical (unpaired) electrons. The summed E-state index contributed by atoms with van der Waals surface area (Å²) in [5.74, 6) is 0. The summed E-state index contributed by atoms with van der Waals surface area (Å²) in [5.41, 5.74) is 6.16. The molecule has 0 atom stereocenters. The maximum Gasteiger partial charge on any atom is 0.0593 e. The highest BCUT2D eigenvalue weighted by Gasteiger charge is 2.36. The van der Waals surface area contributed by atoms with Crippen molar-refractivity contribution in [2.45, 2.75) is 38.6 Å². The third-order valence-corrected chi connectivity index (χ3v) is 2.98. The molecule has 1 saturated heterocycles. The Bertz CT molecular complexity index is 155. The van der Waals surface area contributed by atoms with Crippen LogP contribution in [0.1, 0.15) is 33.1 Å². The molecule has 3 nitrogen and oxygen atoms in total. The first-order chi connectivity index (χ1) is 6.70. The minimum absolute atomic E-state index is 0.101. The fourth-order valence-electron chi connectivity index (χ4n) is 1.77. The smallest absolute Gasteiger partial charge is 0.0593 e. The summed E-state index contributed by atoms with van der Waals surface area (Å²) in [5, 5.41) is 0. The van der Waals surface area contributed by atoms with Crippen LogP contribution in [0.3, 0.4) is 0 Å². The van der Waals surface area contributed by atoms with Crippen LogP contribution in [0.5, 0.6) is 0 Å². The van der Waals surface area contributed by atoms with E-state index in [9.17, 15) is 0 Å². The van der Waals surface area contributed by atoms with Gasteiger partial charge in [0.1, 0.15) is 0 Å². The third kappa shape index (κ3) is 3.56. The Kier molecular flexibility index (Phi) is 4.85. The average Bonchev–Trinajstić information content (AvgIpc) is 2.14. The third-order valence-electron chi connectivity index (χ3n) is 2.98. The van der Waals surface area contributed by atoms with Gasteiger partial charge in [0.25, 0.3) is 0 Å². The van der Waals surface area contributed by atoms with E-state index in [0.29, 0.717) is 0 Å². The van der Waals surface area contributed by atoms with Crippen LogP contribution < -0.4 is 5.73 Å². The van der Waals surface area contributed by atoms with E-state index >= 15 is 0 Å². The molecule has 1 aliphatic heterocycles. The van der Waals surface area contributed by atoms with Gasteiger partial charge in [0.15, 0.2) is 0 Å². The summed E-state index contributed by atoms with van der Waals surface area (Å²) in [4.78, 5) is 2.37. The number of unbranched alkanes of at least 4 members (excludes halogenated alkanes) is 1. The summed E-state index contributed by atoms with van der Waals surface area (Å²) in [6.07, 6.45) is 3.47. The van der Waals surface area contributed by atoms with E-state index in [1.165, 1.54) is 12.8 Å². The normalized spacial score (nSPS) is 20.8. The summed E-state index contributed by atoms with van der Waals surface area (Å²) in [7, 11) is 0. The Balaban J connectivity index is 1.91. The largest absolute Gasteiger partial charge is 0.380 e. The van der Waals surface area contributed by atoms with Crippen molar-refractivity contribution in [1.29, 1.82) is 0 Å². The van der Waals surface area contributed by atoms with E-state index in [1.54, 1.807) is 0 Å². The first-order valence-electron chi connectivity index (χ1n) is 5.79. The Morgan fingerprint density at radius 3 is 2.57 bits per heavy atom. The molecule has 84 valence electrons. The van der Waals surface area contributed by atoms with Crippen LogP contribution >= 0.6 is 0 Å². The summed E-state index contributed by atoms with van der Waals surface area (Å²) in [6.45, 7) is 9.24. The lowest BCUT2D eigenvalue weighted by atomic mass is 9.88. The van der Waals surface area contributed by atoms with E-state index < -0.39 is 0 Å². The standard InChI is InChI=1S/C11H24N2O/c1-3-5-7-14-8-6-13-9-11(12,4-2)10-13/h3-10,12H2,1-2H3. The molecule has 3 heteroatoms. The maximum atomic E-state index is 6.06. The second-order valence-corrected chi connectivity index (χ2v) is 4.39. The molecule has 0 aromatic rings. The SMILES string of the molecule is CCCCOCCN1CC(N)(CC)C1. The molecule has 2 N–H and O–H groups in total. The highest BCUT2D eigenvalue weighted by atomic mass is 16.5. The zero-order valence-corrected chi connectivity index (χ0v) is 9.59. The summed E-state index contributed by atoms with van der Waals surface area (Å²) >= 11 is 0. The molecule has 0 bridgehead atoms. The molecule has 14 heavy (non-hydrogen) atoms. The minimum atomic E-state index is 0.101. The predicted molar refractivity (Wildman–Crippen MR) is 59.4 cm³/mol. The molecule has 0 amide bonds. The molecule has 0 aromatic heterocycles. The second kappa shape index (κ2) is 5.69. The first-order valence-corrected chi connectivity index (χ1v) is 5.79. The van der Waals surface area contributed by atoms with Crippen molar-refractivity contribution in [3.05, 3.63) is 0 Å². The molecular formula is C11H24N2O. The van der Waals surface area contributed by atoms with E-state index in [0.717, 1.165) is 39.3 Å². The van der Waals surface area contributed by atoms with Gasteiger partial charge in [-0.05, 0) is 12.8 Å². The monoisotopic (exact) mass is 200 g/mol. The lowest BCUT2D eigenvalue weighted by molar-refractivity contribution is 0.0298. The van der Waals surface area contributed by atoms with Crippen molar-refractivity contribution in [3.8, 4) is 0 Å². The van der Waals surface area contributed by atoms with Crippen molar-refractivity contribution in [3.63, 3.8) is 0 Å². The summed E-state index contributed by atoms with van der Waals surface area (Å²) in [6, 6.07) is 0. The van der Waals surface area contributed by atoms with E-state index in [-0.39, 0.29) is 5.54 Å². The highest BCUT2D eigenvalue weighted by Crippen LogP contribution is 2.20. The van der Waals surface area contributed by atoms with Crippen LogP contribution in [-0.2, 0) is 4.74 Å². The molecule has 0 spiro atoms. The van der Waals surface area contributed by atoms with Crippen LogP contribution in [0.2, 0.25) is 0 Å². The van der Waals surface area contributed by atoms with Crippen LogP contribution in [0.25, 0.3) is 0 Å². The van der Waals surface area contributed by atoms with Gasteiger partial charge in [-0.2, -0.15) is 0 Å². The van der Waals surface area contributed by atoms with Crippen LogP contribution in [0, 0.1) is 0 Å². The second-order valence-electron chi connectivity index (χ2n) is 4.39. The van der Waals surface area contributed by atoms with Gasteiger partial charge in [-0.1, -0.05) is 20.3 Å². The van der Waals surface area contributed by atoms with Crippen LogP contribution in [-0.4, -0.2) is 43.3 Å². The van der Waals surface area contributed by atoms with Gasteiger partial charge in [-0.3, -0.25) is 4.90 Å².